The van der Waals surface area contributed by atoms with Crippen molar-refractivity contribution in [2.45, 2.75) is 45.2 Å². The molecule has 1 aliphatic rings. The maximum absolute atomic E-state index is 12.6. The van der Waals surface area contributed by atoms with Crippen LogP contribution in [0.2, 0.25) is 0 Å². The number of alkyl halides is 3. The fourth-order valence-corrected chi connectivity index (χ4v) is 3.00. The number of anilines is 1. The van der Waals surface area contributed by atoms with Crippen LogP contribution in [0, 0.1) is 5.92 Å². The Morgan fingerprint density at radius 1 is 1.11 bits per heavy atom. The topological polar surface area (TPSA) is 29.0 Å². The lowest BCUT2D eigenvalue weighted by Gasteiger charge is -2.32. The van der Waals surface area contributed by atoms with E-state index in [0.717, 1.165) is 10.1 Å². The van der Waals surface area contributed by atoms with Crippen molar-refractivity contribution in [1.29, 1.82) is 0 Å². The Bertz CT molecular complexity index is 428. The summed E-state index contributed by atoms with van der Waals surface area (Å²) in [5.74, 6) is -1.17. The molecule has 2 rings (SSSR count). The Morgan fingerprint density at radius 3 is 2.11 bits per heavy atom. The fraction of sp³-hybridized carbons (Fsp3) is 0.833. The third kappa shape index (κ3) is 3.38. The first-order valence-corrected chi connectivity index (χ1v) is 7.15. The highest BCUT2D eigenvalue weighted by molar-refractivity contribution is 7.15. The van der Waals surface area contributed by atoms with Crippen molar-refractivity contribution in [3.05, 3.63) is 5.01 Å². The molecule has 0 atom stereocenters. The van der Waals surface area contributed by atoms with E-state index >= 15 is 0 Å². The average Bonchev–Trinajstić information content (AvgIpc) is 2.77. The van der Waals surface area contributed by atoms with Gasteiger partial charge in [-0.25, -0.2) is 0 Å². The Morgan fingerprint density at radius 2 is 1.68 bits per heavy atom. The maximum atomic E-state index is 12.6. The van der Waals surface area contributed by atoms with Crippen molar-refractivity contribution in [3.8, 4) is 0 Å². The molecule has 0 radical (unpaired) electrons. The number of aromatic nitrogens is 2. The predicted octanol–water partition coefficient (Wildman–Crippen LogP) is 3.61. The van der Waals surface area contributed by atoms with Gasteiger partial charge in [-0.15, -0.1) is 10.2 Å². The first-order chi connectivity index (χ1) is 8.68. The molecule has 1 saturated heterocycles. The molecule has 1 fully saturated rings. The van der Waals surface area contributed by atoms with E-state index in [4.69, 9.17) is 0 Å². The Labute approximate surface area is 114 Å². The average molecular weight is 293 g/mol. The van der Waals surface area contributed by atoms with Crippen molar-refractivity contribution < 1.29 is 13.2 Å². The van der Waals surface area contributed by atoms with E-state index < -0.39 is 12.1 Å². The third-order valence-corrected chi connectivity index (χ3v) is 4.69. The minimum absolute atomic E-state index is 0.0692. The van der Waals surface area contributed by atoms with Gasteiger partial charge in [-0.05, 0) is 12.8 Å². The molecule has 7 heteroatoms. The fourth-order valence-electron chi connectivity index (χ4n) is 2.04. The van der Waals surface area contributed by atoms with Gasteiger partial charge in [0.2, 0.25) is 5.13 Å². The van der Waals surface area contributed by atoms with Crippen LogP contribution in [0.3, 0.4) is 0 Å². The molecule has 0 N–H and O–H groups in total. The number of hydrogen-bond donors (Lipinski definition) is 0. The second kappa shape index (κ2) is 4.92. The molecule has 19 heavy (non-hydrogen) atoms. The predicted molar refractivity (Wildman–Crippen MR) is 69.6 cm³/mol. The summed E-state index contributed by atoms with van der Waals surface area (Å²) in [5, 5.41) is 9.90. The van der Waals surface area contributed by atoms with Crippen LogP contribution in [0.1, 0.15) is 38.6 Å². The number of piperidine rings is 1. The maximum Gasteiger partial charge on any atom is 0.391 e. The van der Waals surface area contributed by atoms with Gasteiger partial charge in [-0.1, -0.05) is 32.1 Å². The highest BCUT2D eigenvalue weighted by Gasteiger charge is 2.41. The van der Waals surface area contributed by atoms with Crippen LogP contribution in [-0.4, -0.2) is 29.5 Å². The van der Waals surface area contributed by atoms with Gasteiger partial charge in [-0.3, -0.25) is 0 Å². The lowest BCUT2D eigenvalue weighted by atomic mass is 9.97. The van der Waals surface area contributed by atoms with E-state index in [1.165, 1.54) is 11.3 Å². The molecule has 0 spiro atoms. The summed E-state index contributed by atoms with van der Waals surface area (Å²) in [6, 6.07) is 0. The molecule has 1 aromatic heterocycles. The van der Waals surface area contributed by atoms with Crippen LogP contribution in [0.5, 0.6) is 0 Å². The molecule has 0 aromatic carbocycles. The standard InChI is InChI=1S/C12H18F3N3S/c1-11(2,3)9-16-17-10(19-9)18-6-4-8(5-7-18)12(13,14)15/h8H,4-7H2,1-3H3. The Hall–Kier alpha value is -0.850. The van der Waals surface area contributed by atoms with Crippen LogP contribution >= 0.6 is 11.3 Å². The summed E-state index contributed by atoms with van der Waals surface area (Å²) >= 11 is 1.48. The molecule has 0 aliphatic carbocycles. The van der Waals surface area contributed by atoms with Crippen LogP contribution in [0.4, 0.5) is 18.3 Å². The zero-order valence-corrected chi connectivity index (χ0v) is 12.1. The van der Waals surface area contributed by atoms with Crippen LogP contribution < -0.4 is 4.90 Å². The molecule has 1 aromatic rings. The Kier molecular flexibility index (Phi) is 3.77. The lowest BCUT2D eigenvalue weighted by Crippen LogP contribution is -2.38. The molecule has 1 aliphatic heterocycles. The molecule has 2 heterocycles. The number of rotatable bonds is 1. The van der Waals surface area contributed by atoms with E-state index in [-0.39, 0.29) is 18.3 Å². The molecule has 0 bridgehead atoms. The van der Waals surface area contributed by atoms with Gasteiger partial charge in [0.05, 0.1) is 5.92 Å². The molecular weight excluding hydrogens is 275 g/mol. The lowest BCUT2D eigenvalue weighted by molar-refractivity contribution is -0.179. The number of nitrogens with zero attached hydrogens (tertiary/aromatic N) is 3. The van der Waals surface area contributed by atoms with Gasteiger partial charge in [0.25, 0.3) is 0 Å². The molecule has 0 saturated carbocycles. The van der Waals surface area contributed by atoms with E-state index in [2.05, 4.69) is 10.2 Å². The second-order valence-corrected chi connectivity index (χ2v) is 6.90. The molecule has 108 valence electrons. The summed E-state index contributed by atoms with van der Waals surface area (Å²) in [7, 11) is 0. The first kappa shape index (κ1) is 14.6. The highest BCUT2D eigenvalue weighted by Crippen LogP contribution is 2.37. The van der Waals surface area contributed by atoms with Gasteiger partial charge in [0.15, 0.2) is 0 Å². The Balaban J connectivity index is 2.00. The molecule has 0 unspecified atom stereocenters. The minimum Gasteiger partial charge on any atom is -0.347 e. The summed E-state index contributed by atoms with van der Waals surface area (Å²) in [6.07, 6.45) is -3.77. The van der Waals surface area contributed by atoms with E-state index in [0.29, 0.717) is 13.1 Å². The molecule has 0 amide bonds. The SMILES string of the molecule is CC(C)(C)c1nnc(N2CCC(C(F)(F)F)CC2)s1. The van der Waals surface area contributed by atoms with Crippen molar-refractivity contribution in [2.24, 2.45) is 5.92 Å². The van der Waals surface area contributed by atoms with Crippen LogP contribution in [0.25, 0.3) is 0 Å². The van der Waals surface area contributed by atoms with Crippen molar-refractivity contribution >= 4 is 16.5 Å². The van der Waals surface area contributed by atoms with Crippen LogP contribution in [0.15, 0.2) is 0 Å². The largest absolute Gasteiger partial charge is 0.391 e. The first-order valence-electron chi connectivity index (χ1n) is 6.33. The van der Waals surface area contributed by atoms with Gasteiger partial charge >= 0.3 is 6.18 Å². The molecular formula is C12H18F3N3S. The van der Waals surface area contributed by atoms with Crippen molar-refractivity contribution in [1.82, 2.24) is 10.2 Å². The summed E-state index contributed by atoms with van der Waals surface area (Å²) in [5.41, 5.74) is -0.0692. The quantitative estimate of drug-likeness (QED) is 0.792. The smallest absolute Gasteiger partial charge is 0.347 e. The van der Waals surface area contributed by atoms with E-state index in [1.54, 1.807) is 0 Å². The highest BCUT2D eigenvalue weighted by atomic mass is 32.1. The van der Waals surface area contributed by atoms with E-state index in [1.807, 2.05) is 25.7 Å². The van der Waals surface area contributed by atoms with Crippen molar-refractivity contribution in [2.75, 3.05) is 18.0 Å². The summed E-state index contributed by atoms with van der Waals surface area (Å²) in [4.78, 5) is 1.91. The number of halogens is 3. The normalized spacial score (nSPS) is 18.9. The van der Waals surface area contributed by atoms with Crippen molar-refractivity contribution in [3.63, 3.8) is 0 Å². The van der Waals surface area contributed by atoms with Gasteiger partial charge in [0.1, 0.15) is 5.01 Å². The van der Waals surface area contributed by atoms with Crippen LogP contribution in [-0.2, 0) is 5.41 Å². The molecule has 3 nitrogen and oxygen atoms in total. The minimum atomic E-state index is -4.07. The van der Waals surface area contributed by atoms with Gasteiger partial charge in [-0.2, -0.15) is 13.2 Å². The van der Waals surface area contributed by atoms with Gasteiger partial charge < -0.3 is 4.90 Å². The number of hydrogen-bond acceptors (Lipinski definition) is 4. The van der Waals surface area contributed by atoms with Gasteiger partial charge in [0, 0.05) is 18.5 Å². The zero-order valence-electron chi connectivity index (χ0n) is 11.3. The monoisotopic (exact) mass is 293 g/mol. The van der Waals surface area contributed by atoms with E-state index in [9.17, 15) is 13.2 Å². The zero-order chi connectivity index (χ0) is 14.3. The summed E-state index contributed by atoms with van der Waals surface area (Å²) < 4.78 is 37.8. The summed E-state index contributed by atoms with van der Waals surface area (Å²) in [6.45, 7) is 6.96. The second-order valence-electron chi connectivity index (χ2n) is 5.94. The third-order valence-electron chi connectivity index (χ3n) is 3.28.